The summed E-state index contributed by atoms with van der Waals surface area (Å²) >= 11 is 15.0. The minimum absolute atomic E-state index is 0.0160. The molecule has 0 atom stereocenters. The van der Waals surface area contributed by atoms with Crippen LogP contribution in [0.2, 0.25) is 10.2 Å². The zero-order chi connectivity index (χ0) is 12.6. The predicted octanol–water partition coefficient (Wildman–Crippen LogP) is 4.66. The lowest BCUT2D eigenvalue weighted by Gasteiger charge is -1.98. The van der Waals surface area contributed by atoms with Crippen molar-refractivity contribution < 1.29 is 4.92 Å². The standard InChI is InChI=1S/C10H5BrCl2N2O2/c11-6-3-1-5(2-4-6)8-7(12)9(15(16)17)10(13)14-8/h1-4,14H. The van der Waals surface area contributed by atoms with Gasteiger partial charge in [0.2, 0.25) is 0 Å². The summed E-state index contributed by atoms with van der Waals surface area (Å²) in [7, 11) is 0. The lowest BCUT2D eigenvalue weighted by molar-refractivity contribution is -0.384. The minimum Gasteiger partial charge on any atom is -0.338 e. The Morgan fingerprint density at radius 2 is 1.82 bits per heavy atom. The van der Waals surface area contributed by atoms with E-state index in [9.17, 15) is 10.1 Å². The Bertz CT molecular complexity index is 581. The van der Waals surface area contributed by atoms with E-state index in [1.807, 2.05) is 12.1 Å². The molecule has 1 N–H and O–H groups in total. The molecule has 88 valence electrons. The number of hydrogen-bond donors (Lipinski definition) is 1. The first-order chi connectivity index (χ1) is 8.00. The maximum atomic E-state index is 10.8. The number of nitrogens with one attached hydrogen (secondary N) is 1. The maximum Gasteiger partial charge on any atom is 0.324 e. The average Bonchev–Trinajstić information content (AvgIpc) is 2.55. The van der Waals surface area contributed by atoms with Crippen molar-refractivity contribution in [2.45, 2.75) is 0 Å². The van der Waals surface area contributed by atoms with Gasteiger partial charge in [0.15, 0.2) is 5.15 Å². The van der Waals surface area contributed by atoms with Gasteiger partial charge in [-0.2, -0.15) is 0 Å². The quantitative estimate of drug-likeness (QED) is 0.641. The van der Waals surface area contributed by atoms with Gasteiger partial charge in [0.1, 0.15) is 5.02 Å². The van der Waals surface area contributed by atoms with Gasteiger partial charge in [-0.25, -0.2) is 0 Å². The summed E-state index contributed by atoms with van der Waals surface area (Å²) in [6.07, 6.45) is 0. The van der Waals surface area contributed by atoms with Crippen molar-refractivity contribution in [2.24, 2.45) is 0 Å². The van der Waals surface area contributed by atoms with E-state index in [0.717, 1.165) is 10.0 Å². The number of hydrogen-bond acceptors (Lipinski definition) is 2. The Balaban J connectivity index is 2.57. The van der Waals surface area contributed by atoms with Crippen LogP contribution in [-0.2, 0) is 0 Å². The number of aromatic amines is 1. The topological polar surface area (TPSA) is 58.9 Å². The summed E-state index contributed by atoms with van der Waals surface area (Å²) in [5, 5.41) is 10.7. The lowest BCUT2D eigenvalue weighted by Crippen LogP contribution is -1.86. The average molecular weight is 336 g/mol. The van der Waals surface area contributed by atoms with Gasteiger partial charge < -0.3 is 4.98 Å². The molecule has 0 saturated carbocycles. The van der Waals surface area contributed by atoms with E-state index < -0.39 is 4.92 Å². The van der Waals surface area contributed by atoms with Crippen LogP contribution in [0.1, 0.15) is 0 Å². The van der Waals surface area contributed by atoms with Crippen LogP contribution in [0, 0.1) is 10.1 Å². The molecule has 2 aromatic rings. The van der Waals surface area contributed by atoms with Gasteiger partial charge in [-0.05, 0) is 17.7 Å². The fourth-order valence-electron chi connectivity index (χ4n) is 1.41. The second kappa shape index (κ2) is 4.68. The first-order valence-electron chi connectivity index (χ1n) is 4.48. The van der Waals surface area contributed by atoms with Crippen molar-refractivity contribution in [1.29, 1.82) is 0 Å². The normalized spacial score (nSPS) is 10.5. The van der Waals surface area contributed by atoms with Gasteiger partial charge in [-0.3, -0.25) is 10.1 Å². The highest BCUT2D eigenvalue weighted by molar-refractivity contribution is 9.10. The molecule has 2 rings (SSSR count). The molecule has 0 radical (unpaired) electrons. The molecule has 0 spiro atoms. The smallest absolute Gasteiger partial charge is 0.324 e. The first-order valence-corrected chi connectivity index (χ1v) is 6.03. The van der Waals surface area contributed by atoms with Crippen molar-refractivity contribution in [3.8, 4) is 11.3 Å². The van der Waals surface area contributed by atoms with Crippen LogP contribution in [0.4, 0.5) is 5.69 Å². The molecule has 1 aromatic heterocycles. The van der Waals surface area contributed by atoms with Gasteiger partial charge in [-0.15, -0.1) is 0 Å². The summed E-state index contributed by atoms with van der Waals surface area (Å²) in [4.78, 5) is 12.8. The van der Waals surface area contributed by atoms with E-state index in [4.69, 9.17) is 23.2 Å². The van der Waals surface area contributed by atoms with E-state index in [2.05, 4.69) is 20.9 Å². The fourth-order valence-corrected chi connectivity index (χ4v) is 2.30. The number of nitrogens with zero attached hydrogens (tertiary/aromatic N) is 1. The van der Waals surface area contributed by atoms with Crippen LogP contribution in [0.25, 0.3) is 11.3 Å². The Labute approximate surface area is 115 Å². The zero-order valence-electron chi connectivity index (χ0n) is 8.21. The second-order valence-electron chi connectivity index (χ2n) is 3.24. The molecule has 0 bridgehead atoms. The fraction of sp³-hybridized carbons (Fsp3) is 0. The molecule has 4 nitrogen and oxygen atoms in total. The summed E-state index contributed by atoms with van der Waals surface area (Å²) in [6.45, 7) is 0. The Kier molecular flexibility index (Phi) is 3.42. The molecular weight excluding hydrogens is 331 g/mol. The van der Waals surface area contributed by atoms with Crippen LogP contribution in [0.3, 0.4) is 0 Å². The molecule has 0 saturated heterocycles. The largest absolute Gasteiger partial charge is 0.338 e. The van der Waals surface area contributed by atoms with Crippen molar-refractivity contribution >= 4 is 44.8 Å². The molecular formula is C10H5BrCl2N2O2. The molecule has 0 aliphatic rings. The third kappa shape index (κ3) is 2.31. The maximum absolute atomic E-state index is 10.8. The highest BCUT2D eigenvalue weighted by Gasteiger charge is 2.25. The number of halogens is 3. The SMILES string of the molecule is O=[N+]([O-])c1c(Cl)[nH]c(-c2ccc(Br)cc2)c1Cl. The lowest BCUT2D eigenvalue weighted by atomic mass is 10.1. The third-order valence-electron chi connectivity index (χ3n) is 2.19. The van der Waals surface area contributed by atoms with Crippen molar-refractivity contribution in [3.63, 3.8) is 0 Å². The minimum atomic E-state index is -0.608. The molecule has 0 amide bonds. The van der Waals surface area contributed by atoms with Crippen LogP contribution < -0.4 is 0 Å². The number of nitro groups is 1. The number of benzene rings is 1. The Hall–Kier alpha value is -1.04. The van der Waals surface area contributed by atoms with Gasteiger partial charge in [0.25, 0.3) is 0 Å². The van der Waals surface area contributed by atoms with E-state index in [1.54, 1.807) is 12.1 Å². The van der Waals surface area contributed by atoms with E-state index in [-0.39, 0.29) is 15.9 Å². The summed E-state index contributed by atoms with van der Waals surface area (Å²) in [6, 6.07) is 7.18. The van der Waals surface area contributed by atoms with Crippen LogP contribution in [0.15, 0.2) is 28.7 Å². The molecule has 0 fully saturated rings. The number of aromatic nitrogens is 1. The predicted molar refractivity (Wildman–Crippen MR) is 70.6 cm³/mol. The van der Waals surface area contributed by atoms with Crippen molar-refractivity contribution in [2.75, 3.05) is 0 Å². The van der Waals surface area contributed by atoms with Gasteiger partial charge >= 0.3 is 5.69 Å². The zero-order valence-corrected chi connectivity index (χ0v) is 11.3. The van der Waals surface area contributed by atoms with E-state index in [0.29, 0.717) is 5.69 Å². The van der Waals surface area contributed by atoms with E-state index in [1.165, 1.54) is 0 Å². The van der Waals surface area contributed by atoms with Crippen LogP contribution >= 0.6 is 39.1 Å². The number of rotatable bonds is 2. The van der Waals surface area contributed by atoms with Crippen LogP contribution in [-0.4, -0.2) is 9.91 Å². The summed E-state index contributed by atoms with van der Waals surface area (Å²) in [5.41, 5.74) is 0.871. The van der Waals surface area contributed by atoms with Gasteiger partial charge in [0.05, 0.1) is 10.6 Å². The van der Waals surface area contributed by atoms with Gasteiger partial charge in [-0.1, -0.05) is 51.3 Å². The molecule has 1 heterocycles. The Morgan fingerprint density at radius 1 is 1.24 bits per heavy atom. The van der Waals surface area contributed by atoms with Crippen LogP contribution in [0.5, 0.6) is 0 Å². The Morgan fingerprint density at radius 3 is 2.29 bits per heavy atom. The molecule has 1 aromatic carbocycles. The molecule has 17 heavy (non-hydrogen) atoms. The van der Waals surface area contributed by atoms with Gasteiger partial charge in [0, 0.05) is 4.47 Å². The monoisotopic (exact) mass is 334 g/mol. The second-order valence-corrected chi connectivity index (χ2v) is 4.91. The molecule has 7 heteroatoms. The molecule has 0 aliphatic carbocycles. The summed E-state index contributed by atoms with van der Waals surface area (Å²) < 4.78 is 0.907. The van der Waals surface area contributed by atoms with Crippen molar-refractivity contribution in [3.05, 3.63) is 49.0 Å². The van der Waals surface area contributed by atoms with Crippen molar-refractivity contribution in [1.82, 2.24) is 4.98 Å². The highest BCUT2D eigenvalue weighted by atomic mass is 79.9. The third-order valence-corrected chi connectivity index (χ3v) is 3.36. The number of H-pyrrole nitrogens is 1. The molecule has 0 aliphatic heterocycles. The van der Waals surface area contributed by atoms with E-state index >= 15 is 0 Å². The first kappa shape index (κ1) is 12.4. The highest BCUT2D eigenvalue weighted by Crippen LogP contribution is 2.40. The summed E-state index contributed by atoms with van der Waals surface area (Å²) in [5.74, 6) is 0. The molecule has 0 unspecified atom stereocenters.